The van der Waals surface area contributed by atoms with E-state index in [0.29, 0.717) is 5.56 Å². The van der Waals surface area contributed by atoms with E-state index in [1.54, 1.807) is 30.3 Å². The number of aliphatic hydroxyl groups is 1. The molecule has 1 atom stereocenters. The summed E-state index contributed by atoms with van der Waals surface area (Å²) in [4.78, 5) is -0.197. The molecule has 7 heteroatoms. The molecule has 0 fully saturated rings. The van der Waals surface area contributed by atoms with E-state index in [2.05, 4.69) is 20.7 Å². The van der Waals surface area contributed by atoms with E-state index in [1.807, 2.05) is 0 Å². The normalized spacial score (nSPS) is 13.1. The SMILES string of the molecule is O=S(=O)(N[C@H](CO)c1ccccc1)c1ccc(Br)c(F)c1. The van der Waals surface area contributed by atoms with Gasteiger partial charge in [0.15, 0.2) is 0 Å². The van der Waals surface area contributed by atoms with Crippen molar-refractivity contribution in [3.05, 3.63) is 64.4 Å². The topological polar surface area (TPSA) is 66.4 Å². The highest BCUT2D eigenvalue weighted by Crippen LogP contribution is 2.21. The number of benzene rings is 2. The quantitative estimate of drug-likeness (QED) is 0.846. The van der Waals surface area contributed by atoms with E-state index in [-0.39, 0.29) is 9.37 Å². The second-order valence-electron chi connectivity index (χ2n) is 4.34. The molecule has 0 radical (unpaired) electrons. The Balaban J connectivity index is 2.29. The molecular weight excluding hydrogens is 361 g/mol. The van der Waals surface area contributed by atoms with Crippen LogP contribution in [0.5, 0.6) is 0 Å². The Bertz CT molecular complexity index is 722. The van der Waals surface area contributed by atoms with Gasteiger partial charge in [-0.1, -0.05) is 30.3 Å². The van der Waals surface area contributed by atoms with E-state index < -0.39 is 28.5 Å². The predicted octanol–water partition coefficient (Wildman–Crippen LogP) is 2.60. The van der Waals surface area contributed by atoms with Crippen LogP contribution in [0.3, 0.4) is 0 Å². The van der Waals surface area contributed by atoms with Crippen molar-refractivity contribution < 1.29 is 17.9 Å². The fraction of sp³-hybridized carbons (Fsp3) is 0.143. The summed E-state index contributed by atoms with van der Waals surface area (Å²) in [5.74, 6) is -0.668. The first-order valence-corrected chi connectivity index (χ1v) is 8.35. The van der Waals surface area contributed by atoms with Gasteiger partial charge in [-0.05, 0) is 39.7 Å². The minimum Gasteiger partial charge on any atom is -0.394 e. The molecule has 0 saturated carbocycles. The van der Waals surface area contributed by atoms with E-state index in [1.165, 1.54) is 12.1 Å². The third-order valence-corrected chi connectivity index (χ3v) is 5.00. The van der Waals surface area contributed by atoms with Gasteiger partial charge in [0.2, 0.25) is 10.0 Å². The summed E-state index contributed by atoms with van der Waals surface area (Å²) >= 11 is 2.97. The van der Waals surface area contributed by atoms with Gasteiger partial charge >= 0.3 is 0 Å². The van der Waals surface area contributed by atoms with Gasteiger partial charge in [0, 0.05) is 0 Å². The van der Waals surface area contributed by atoms with Crippen LogP contribution in [0.25, 0.3) is 0 Å². The standard InChI is InChI=1S/C14H13BrFNO3S/c15-12-7-6-11(8-13(12)16)21(19,20)17-14(9-18)10-4-2-1-3-5-10/h1-8,14,17-18H,9H2/t14-/m1/s1. The van der Waals surface area contributed by atoms with Crippen molar-refractivity contribution >= 4 is 26.0 Å². The molecule has 2 aromatic carbocycles. The highest BCUT2D eigenvalue weighted by atomic mass is 79.9. The number of hydrogen-bond donors (Lipinski definition) is 2. The summed E-state index contributed by atoms with van der Waals surface area (Å²) in [6.45, 7) is -0.401. The lowest BCUT2D eigenvalue weighted by Gasteiger charge is -2.17. The summed E-state index contributed by atoms with van der Waals surface area (Å²) < 4.78 is 40.5. The third kappa shape index (κ3) is 3.88. The zero-order valence-corrected chi connectivity index (χ0v) is 13.2. The van der Waals surface area contributed by atoms with Crippen LogP contribution >= 0.6 is 15.9 Å². The molecule has 0 aliphatic rings. The van der Waals surface area contributed by atoms with E-state index >= 15 is 0 Å². The number of halogens is 2. The first-order valence-electron chi connectivity index (χ1n) is 6.07. The number of aliphatic hydroxyl groups excluding tert-OH is 1. The molecule has 0 unspecified atom stereocenters. The molecule has 0 aliphatic heterocycles. The number of nitrogens with one attached hydrogen (secondary N) is 1. The highest BCUT2D eigenvalue weighted by molar-refractivity contribution is 9.10. The first-order chi connectivity index (χ1) is 9.94. The van der Waals surface area contributed by atoms with Crippen molar-refractivity contribution in [1.82, 2.24) is 4.72 Å². The second kappa shape index (κ2) is 6.65. The van der Waals surface area contributed by atoms with Crippen LogP contribution in [0.15, 0.2) is 57.9 Å². The third-order valence-electron chi connectivity index (χ3n) is 2.88. The Morgan fingerprint density at radius 3 is 2.43 bits per heavy atom. The molecule has 2 N–H and O–H groups in total. The second-order valence-corrected chi connectivity index (χ2v) is 6.91. The van der Waals surface area contributed by atoms with Gasteiger partial charge in [0.05, 0.1) is 22.0 Å². The molecule has 0 aliphatic carbocycles. The van der Waals surface area contributed by atoms with Crippen LogP contribution in [-0.4, -0.2) is 20.1 Å². The average Bonchev–Trinajstić information content (AvgIpc) is 2.48. The van der Waals surface area contributed by atoms with Gasteiger partial charge in [0.25, 0.3) is 0 Å². The number of sulfonamides is 1. The average molecular weight is 374 g/mol. The molecule has 2 aromatic rings. The van der Waals surface area contributed by atoms with Crippen LogP contribution in [0.2, 0.25) is 0 Å². The minimum absolute atomic E-state index is 0.184. The van der Waals surface area contributed by atoms with Gasteiger partial charge in [-0.2, -0.15) is 0 Å². The summed E-state index contributed by atoms with van der Waals surface area (Å²) in [7, 11) is -3.93. The van der Waals surface area contributed by atoms with Crippen LogP contribution < -0.4 is 4.72 Å². The Morgan fingerprint density at radius 1 is 1.19 bits per heavy atom. The van der Waals surface area contributed by atoms with E-state index in [9.17, 15) is 17.9 Å². The molecule has 0 heterocycles. The summed E-state index contributed by atoms with van der Waals surface area (Å²) in [5, 5.41) is 9.38. The van der Waals surface area contributed by atoms with Crippen molar-refractivity contribution in [2.75, 3.05) is 6.61 Å². The number of rotatable bonds is 5. The van der Waals surface area contributed by atoms with Crippen LogP contribution in [-0.2, 0) is 10.0 Å². The maximum absolute atomic E-state index is 13.5. The zero-order chi connectivity index (χ0) is 15.5. The van der Waals surface area contributed by atoms with E-state index in [4.69, 9.17) is 0 Å². The molecule has 112 valence electrons. The highest BCUT2D eigenvalue weighted by Gasteiger charge is 2.21. The van der Waals surface area contributed by atoms with Crippen LogP contribution in [0, 0.1) is 5.82 Å². The zero-order valence-electron chi connectivity index (χ0n) is 10.8. The monoisotopic (exact) mass is 373 g/mol. The van der Waals surface area contributed by atoms with E-state index in [0.717, 1.165) is 6.07 Å². The van der Waals surface area contributed by atoms with Gasteiger partial charge in [0.1, 0.15) is 5.82 Å². The Kier molecular flexibility index (Phi) is 5.10. The molecule has 0 bridgehead atoms. The Labute approximate surface area is 130 Å². The summed E-state index contributed by atoms with van der Waals surface area (Å²) in [6.07, 6.45) is 0. The summed E-state index contributed by atoms with van der Waals surface area (Å²) in [6, 6.07) is 11.4. The maximum atomic E-state index is 13.5. The van der Waals surface area contributed by atoms with Crippen molar-refractivity contribution in [2.45, 2.75) is 10.9 Å². The van der Waals surface area contributed by atoms with Crippen LogP contribution in [0.4, 0.5) is 4.39 Å². The van der Waals surface area contributed by atoms with Crippen molar-refractivity contribution in [3.63, 3.8) is 0 Å². The lowest BCUT2D eigenvalue weighted by atomic mass is 10.1. The lowest BCUT2D eigenvalue weighted by molar-refractivity contribution is 0.259. The molecule has 4 nitrogen and oxygen atoms in total. The van der Waals surface area contributed by atoms with Gasteiger partial charge < -0.3 is 5.11 Å². The Morgan fingerprint density at radius 2 is 1.86 bits per heavy atom. The van der Waals surface area contributed by atoms with Gasteiger partial charge in [-0.25, -0.2) is 17.5 Å². The van der Waals surface area contributed by atoms with Gasteiger partial charge in [-0.3, -0.25) is 0 Å². The van der Waals surface area contributed by atoms with Crippen molar-refractivity contribution in [2.24, 2.45) is 0 Å². The summed E-state index contributed by atoms with van der Waals surface area (Å²) in [5.41, 5.74) is 0.626. The molecule has 0 spiro atoms. The van der Waals surface area contributed by atoms with Crippen molar-refractivity contribution in [3.8, 4) is 0 Å². The number of hydrogen-bond acceptors (Lipinski definition) is 3. The molecular formula is C14H13BrFNO3S. The van der Waals surface area contributed by atoms with Crippen LogP contribution in [0.1, 0.15) is 11.6 Å². The lowest BCUT2D eigenvalue weighted by Crippen LogP contribution is -2.30. The molecule has 0 aromatic heterocycles. The van der Waals surface area contributed by atoms with Crippen molar-refractivity contribution in [1.29, 1.82) is 0 Å². The maximum Gasteiger partial charge on any atom is 0.241 e. The molecule has 2 rings (SSSR count). The molecule has 0 saturated heterocycles. The fourth-order valence-electron chi connectivity index (χ4n) is 1.80. The fourth-order valence-corrected chi connectivity index (χ4v) is 3.27. The largest absolute Gasteiger partial charge is 0.394 e. The first kappa shape index (κ1) is 16.1. The molecule has 21 heavy (non-hydrogen) atoms. The predicted molar refractivity (Wildman–Crippen MR) is 80.7 cm³/mol. The Hall–Kier alpha value is -1.28. The molecule has 0 amide bonds. The minimum atomic E-state index is -3.93. The smallest absolute Gasteiger partial charge is 0.241 e. The van der Waals surface area contributed by atoms with Gasteiger partial charge in [-0.15, -0.1) is 0 Å².